The third-order valence-electron chi connectivity index (χ3n) is 3.50. The van der Waals surface area contributed by atoms with Crippen LogP contribution >= 0.6 is 0 Å². The summed E-state index contributed by atoms with van der Waals surface area (Å²) in [5.74, 6) is -0.276. The number of nitrogens with one attached hydrogen (secondary N) is 1. The Hall–Kier alpha value is -2.12. The van der Waals surface area contributed by atoms with E-state index in [4.69, 9.17) is 5.26 Å². The van der Waals surface area contributed by atoms with E-state index in [-0.39, 0.29) is 11.9 Å². The summed E-state index contributed by atoms with van der Waals surface area (Å²) in [7, 11) is 0. The van der Waals surface area contributed by atoms with Gasteiger partial charge >= 0.3 is 0 Å². The molecule has 0 radical (unpaired) electrons. The topological polar surface area (TPSA) is 40.8 Å². The van der Waals surface area contributed by atoms with Gasteiger partial charge in [-0.1, -0.05) is 6.92 Å². The van der Waals surface area contributed by atoms with E-state index in [1.54, 1.807) is 6.07 Å². The summed E-state index contributed by atoms with van der Waals surface area (Å²) < 4.78 is 15.7. The Morgan fingerprint density at radius 2 is 2.19 bits per heavy atom. The van der Waals surface area contributed by atoms with Gasteiger partial charge in [0.15, 0.2) is 0 Å². The molecule has 1 heterocycles. The fourth-order valence-electron chi connectivity index (χ4n) is 2.25. The molecule has 21 heavy (non-hydrogen) atoms. The fourth-order valence-corrected chi connectivity index (χ4v) is 2.25. The first-order valence-corrected chi connectivity index (χ1v) is 7.21. The summed E-state index contributed by atoms with van der Waals surface area (Å²) in [6.45, 7) is 5.66. The smallest absolute Gasteiger partial charge is 0.128 e. The molecule has 0 spiro atoms. The summed E-state index contributed by atoms with van der Waals surface area (Å²) in [6, 6.07) is 8.81. The van der Waals surface area contributed by atoms with Crippen LogP contribution in [0.15, 0.2) is 36.7 Å². The van der Waals surface area contributed by atoms with Crippen molar-refractivity contribution in [2.75, 3.05) is 6.54 Å². The lowest BCUT2D eigenvalue weighted by Gasteiger charge is -2.11. The number of hydrogen-bond acceptors (Lipinski definition) is 2. The zero-order chi connectivity index (χ0) is 15.2. The van der Waals surface area contributed by atoms with E-state index >= 15 is 0 Å². The summed E-state index contributed by atoms with van der Waals surface area (Å²) in [5.41, 5.74) is 2.20. The van der Waals surface area contributed by atoms with Crippen molar-refractivity contribution in [3.05, 3.63) is 59.2 Å². The maximum Gasteiger partial charge on any atom is 0.128 e. The van der Waals surface area contributed by atoms with Crippen LogP contribution in [0.1, 0.15) is 43.0 Å². The van der Waals surface area contributed by atoms with Gasteiger partial charge in [0.1, 0.15) is 5.82 Å². The Morgan fingerprint density at radius 1 is 1.38 bits per heavy atom. The number of halogens is 1. The molecule has 1 aromatic carbocycles. The molecule has 1 unspecified atom stereocenters. The minimum absolute atomic E-state index is 0.276. The molecule has 0 saturated carbocycles. The monoisotopic (exact) mass is 285 g/mol. The second kappa shape index (κ2) is 7.05. The average molecular weight is 285 g/mol. The number of aromatic nitrogens is 1. The summed E-state index contributed by atoms with van der Waals surface area (Å²) in [4.78, 5) is 0. The van der Waals surface area contributed by atoms with Gasteiger partial charge in [-0.15, -0.1) is 0 Å². The predicted molar refractivity (Wildman–Crippen MR) is 81.4 cm³/mol. The van der Waals surface area contributed by atoms with E-state index in [1.807, 2.05) is 29.1 Å². The summed E-state index contributed by atoms with van der Waals surface area (Å²) in [5, 5.41) is 12.3. The first kappa shape index (κ1) is 15.3. The number of rotatable bonds is 6. The van der Waals surface area contributed by atoms with Crippen LogP contribution in [0.5, 0.6) is 0 Å². The van der Waals surface area contributed by atoms with Gasteiger partial charge in [-0.2, -0.15) is 5.26 Å². The number of nitrogens with zero attached hydrogens (tertiary/aromatic N) is 2. The zero-order valence-corrected chi connectivity index (χ0v) is 12.4. The lowest BCUT2D eigenvalue weighted by Crippen LogP contribution is -2.18. The minimum atomic E-state index is -0.276. The van der Waals surface area contributed by atoms with Crippen LogP contribution in [0.25, 0.3) is 0 Å². The quantitative estimate of drug-likeness (QED) is 0.881. The van der Waals surface area contributed by atoms with Gasteiger partial charge in [0, 0.05) is 30.5 Å². The Morgan fingerprint density at radius 3 is 2.90 bits per heavy atom. The van der Waals surface area contributed by atoms with Gasteiger partial charge < -0.3 is 9.88 Å². The van der Waals surface area contributed by atoms with Crippen LogP contribution in [0.2, 0.25) is 0 Å². The van der Waals surface area contributed by atoms with Crippen molar-refractivity contribution in [1.29, 1.82) is 5.26 Å². The second-order valence-corrected chi connectivity index (χ2v) is 5.21. The van der Waals surface area contributed by atoms with E-state index in [0.29, 0.717) is 17.7 Å². The fraction of sp³-hybridized carbons (Fsp3) is 0.353. The molecule has 1 atom stereocenters. The SMILES string of the molecule is CCCNC(C)c1ccn(Cc2cc(C#N)ccc2F)c1. The largest absolute Gasteiger partial charge is 0.349 e. The van der Waals surface area contributed by atoms with Gasteiger partial charge in [0.2, 0.25) is 0 Å². The van der Waals surface area contributed by atoms with Gasteiger partial charge in [-0.3, -0.25) is 0 Å². The molecule has 2 aromatic rings. The maximum absolute atomic E-state index is 13.8. The van der Waals surface area contributed by atoms with Crippen LogP contribution in [0.4, 0.5) is 4.39 Å². The molecule has 0 fully saturated rings. The molecule has 0 aliphatic carbocycles. The first-order valence-electron chi connectivity index (χ1n) is 7.21. The third kappa shape index (κ3) is 3.93. The predicted octanol–water partition coefficient (Wildman–Crippen LogP) is 3.61. The highest BCUT2D eigenvalue weighted by molar-refractivity contribution is 5.34. The van der Waals surface area contributed by atoms with Crippen LogP contribution < -0.4 is 5.32 Å². The molecule has 0 amide bonds. The molecule has 0 saturated heterocycles. The highest BCUT2D eigenvalue weighted by Crippen LogP contribution is 2.16. The molecule has 0 aliphatic rings. The van der Waals surface area contributed by atoms with Gasteiger partial charge in [0.05, 0.1) is 11.6 Å². The lowest BCUT2D eigenvalue weighted by atomic mass is 10.1. The zero-order valence-electron chi connectivity index (χ0n) is 12.4. The third-order valence-corrected chi connectivity index (χ3v) is 3.50. The lowest BCUT2D eigenvalue weighted by molar-refractivity contribution is 0.568. The standard InChI is InChI=1S/C17H20FN3/c1-3-7-20-13(2)15-6-8-21(11-15)12-16-9-14(10-19)4-5-17(16)18/h4-6,8-9,11,13,20H,3,7,12H2,1-2H3. The normalized spacial score (nSPS) is 12.1. The molecule has 4 heteroatoms. The molecule has 1 N–H and O–H groups in total. The Bertz CT molecular complexity index is 640. The van der Waals surface area contributed by atoms with Crippen molar-refractivity contribution >= 4 is 0 Å². The van der Waals surface area contributed by atoms with Gasteiger partial charge in [-0.25, -0.2) is 4.39 Å². The number of hydrogen-bond donors (Lipinski definition) is 1. The molecule has 110 valence electrons. The highest BCUT2D eigenvalue weighted by atomic mass is 19.1. The van der Waals surface area contributed by atoms with E-state index in [0.717, 1.165) is 13.0 Å². The molecular weight excluding hydrogens is 265 g/mol. The Labute approximate surface area is 125 Å². The molecule has 0 bridgehead atoms. The van der Waals surface area contributed by atoms with Crippen molar-refractivity contribution in [2.45, 2.75) is 32.9 Å². The molecule has 3 nitrogen and oxygen atoms in total. The van der Waals surface area contributed by atoms with Crippen molar-refractivity contribution in [2.24, 2.45) is 0 Å². The summed E-state index contributed by atoms with van der Waals surface area (Å²) >= 11 is 0. The van der Waals surface area contributed by atoms with Gasteiger partial charge in [0.25, 0.3) is 0 Å². The van der Waals surface area contributed by atoms with Crippen molar-refractivity contribution in [3.8, 4) is 6.07 Å². The van der Waals surface area contributed by atoms with E-state index in [1.165, 1.54) is 17.7 Å². The first-order chi connectivity index (χ1) is 10.1. The molecule has 0 aliphatic heterocycles. The minimum Gasteiger partial charge on any atom is -0.349 e. The van der Waals surface area contributed by atoms with E-state index in [9.17, 15) is 4.39 Å². The summed E-state index contributed by atoms with van der Waals surface area (Å²) in [6.07, 6.45) is 5.06. The highest BCUT2D eigenvalue weighted by Gasteiger charge is 2.08. The van der Waals surface area contributed by atoms with Crippen molar-refractivity contribution in [1.82, 2.24) is 9.88 Å². The Balaban J connectivity index is 2.11. The van der Waals surface area contributed by atoms with Crippen LogP contribution in [-0.2, 0) is 6.54 Å². The van der Waals surface area contributed by atoms with Gasteiger partial charge in [-0.05, 0) is 49.7 Å². The molecular formula is C17H20FN3. The van der Waals surface area contributed by atoms with Crippen LogP contribution in [-0.4, -0.2) is 11.1 Å². The van der Waals surface area contributed by atoms with Crippen LogP contribution in [0.3, 0.4) is 0 Å². The van der Waals surface area contributed by atoms with Crippen molar-refractivity contribution < 1.29 is 4.39 Å². The van der Waals surface area contributed by atoms with E-state index < -0.39 is 0 Å². The average Bonchev–Trinajstić information content (AvgIpc) is 2.95. The maximum atomic E-state index is 13.8. The molecule has 1 aromatic heterocycles. The van der Waals surface area contributed by atoms with E-state index in [2.05, 4.69) is 19.2 Å². The number of nitriles is 1. The number of benzene rings is 1. The second-order valence-electron chi connectivity index (χ2n) is 5.21. The van der Waals surface area contributed by atoms with Crippen molar-refractivity contribution in [3.63, 3.8) is 0 Å². The Kier molecular flexibility index (Phi) is 5.13. The molecule has 2 rings (SSSR count). The van der Waals surface area contributed by atoms with Crippen LogP contribution in [0, 0.1) is 17.1 Å².